The normalized spacial score (nSPS) is 22.5. The molecule has 6 nitrogen and oxygen atoms in total. The molecule has 140 valence electrons. The van der Waals surface area contributed by atoms with Gasteiger partial charge in [0.25, 0.3) is 17.2 Å². The van der Waals surface area contributed by atoms with E-state index in [9.17, 15) is 15.2 Å². The quantitative estimate of drug-likeness (QED) is 0.493. The predicted molar refractivity (Wildman–Crippen MR) is 104 cm³/mol. The van der Waals surface area contributed by atoms with Crippen LogP contribution in [0, 0.1) is 10.1 Å². The van der Waals surface area contributed by atoms with Gasteiger partial charge in [-0.3, -0.25) is 10.1 Å². The number of halogens is 1. The average molecular weight is 387 g/mol. The Morgan fingerprint density at radius 3 is 2.74 bits per heavy atom. The third-order valence-electron chi connectivity index (χ3n) is 5.37. The summed E-state index contributed by atoms with van der Waals surface area (Å²) in [5.41, 5.74) is 0.137. The Morgan fingerprint density at radius 2 is 1.96 bits per heavy atom. The lowest BCUT2D eigenvalue weighted by atomic mass is 10.0. The Balaban J connectivity index is 1.82. The minimum Gasteiger partial charge on any atom is -0.346 e. The van der Waals surface area contributed by atoms with E-state index >= 15 is 0 Å². The van der Waals surface area contributed by atoms with Crippen LogP contribution >= 0.6 is 11.6 Å². The maximum absolute atomic E-state index is 11.7. The van der Waals surface area contributed by atoms with Crippen LogP contribution in [0.25, 0.3) is 0 Å². The second kappa shape index (κ2) is 6.94. The Hall–Kier alpha value is -2.44. The molecule has 2 aliphatic rings. The molecule has 2 aliphatic heterocycles. The van der Waals surface area contributed by atoms with Crippen molar-refractivity contribution in [1.82, 2.24) is 0 Å². The highest BCUT2D eigenvalue weighted by atomic mass is 35.5. The highest BCUT2D eigenvalue weighted by Gasteiger charge is 2.52. The molecule has 2 heterocycles. The second-order valence-electron chi connectivity index (χ2n) is 7.07. The number of β-amino-alcohol motifs (C(OH)–C–C–N with tert-alkyl or cyclic N) is 1. The van der Waals surface area contributed by atoms with Crippen LogP contribution in [0.2, 0.25) is 5.02 Å². The molecule has 1 N–H and O–H groups in total. The summed E-state index contributed by atoms with van der Waals surface area (Å²) in [6.07, 6.45) is 3.97. The standard InChI is InChI=1S/C20H21ClN3O3/c21-16-7-5-8-17(13-16)22-14-20(25,23-11-3-1-2-10-19(22)23)15-6-4-9-18(12-15)24(26)27/h4-9,12-13,25H,1-3,10-11,14H2/q+1/t20-/m1/s1. The first-order valence-electron chi connectivity index (χ1n) is 9.13. The number of aliphatic hydroxyl groups is 1. The first kappa shape index (κ1) is 17.9. The highest BCUT2D eigenvalue weighted by molar-refractivity contribution is 6.30. The van der Waals surface area contributed by atoms with E-state index in [1.54, 1.807) is 12.1 Å². The smallest absolute Gasteiger partial charge is 0.271 e. The van der Waals surface area contributed by atoms with Crippen LogP contribution in [0.15, 0.2) is 48.5 Å². The first-order chi connectivity index (χ1) is 13.0. The van der Waals surface area contributed by atoms with Crippen molar-refractivity contribution in [2.45, 2.75) is 31.4 Å². The number of hydrogen-bond acceptors (Lipinski definition) is 4. The van der Waals surface area contributed by atoms with Gasteiger partial charge in [0.05, 0.1) is 11.5 Å². The molecule has 0 amide bonds. The van der Waals surface area contributed by atoms with E-state index < -0.39 is 10.6 Å². The summed E-state index contributed by atoms with van der Waals surface area (Å²) in [6, 6.07) is 13.9. The van der Waals surface area contributed by atoms with Gasteiger partial charge in [-0.1, -0.05) is 29.8 Å². The molecule has 0 unspecified atom stereocenters. The summed E-state index contributed by atoms with van der Waals surface area (Å²) in [4.78, 5) is 12.9. The monoisotopic (exact) mass is 386 g/mol. The van der Waals surface area contributed by atoms with Crippen LogP contribution in [0.1, 0.15) is 31.2 Å². The van der Waals surface area contributed by atoms with Gasteiger partial charge >= 0.3 is 0 Å². The molecule has 0 saturated carbocycles. The lowest BCUT2D eigenvalue weighted by Crippen LogP contribution is -2.41. The minimum absolute atomic E-state index is 0.0153. The SMILES string of the molecule is O=[N+]([O-])c1cccc([C@]2(O)CN(c3cccc(Cl)c3)C3=[N+]2CCCCC3)c1. The summed E-state index contributed by atoms with van der Waals surface area (Å²) in [5.74, 6) is 1.05. The van der Waals surface area contributed by atoms with Crippen LogP contribution in [-0.2, 0) is 5.72 Å². The van der Waals surface area contributed by atoms with Gasteiger partial charge in [0.1, 0.15) is 5.69 Å². The molecule has 0 aromatic heterocycles. The zero-order valence-electron chi connectivity index (χ0n) is 14.8. The van der Waals surface area contributed by atoms with Crippen molar-refractivity contribution in [1.29, 1.82) is 0 Å². The van der Waals surface area contributed by atoms with Crippen molar-refractivity contribution < 1.29 is 14.6 Å². The van der Waals surface area contributed by atoms with Crippen LogP contribution in [0.3, 0.4) is 0 Å². The van der Waals surface area contributed by atoms with E-state index in [4.69, 9.17) is 11.6 Å². The molecular formula is C20H21ClN3O3+. The number of nitro groups is 1. The van der Waals surface area contributed by atoms with Crippen LogP contribution in [0.4, 0.5) is 11.4 Å². The third kappa shape index (κ3) is 3.19. The average Bonchev–Trinajstić information content (AvgIpc) is 2.82. The van der Waals surface area contributed by atoms with E-state index in [2.05, 4.69) is 4.90 Å². The summed E-state index contributed by atoms with van der Waals surface area (Å²) in [6.45, 7) is 1.02. The highest BCUT2D eigenvalue weighted by Crippen LogP contribution is 2.36. The molecule has 0 saturated heterocycles. The summed E-state index contributed by atoms with van der Waals surface area (Å²) >= 11 is 6.19. The number of non-ortho nitro benzene ring substituents is 1. The number of nitro benzene ring substituents is 1. The van der Waals surface area contributed by atoms with Gasteiger partial charge in [-0.15, -0.1) is 0 Å². The third-order valence-corrected chi connectivity index (χ3v) is 5.60. The Labute approximate surface area is 162 Å². The van der Waals surface area contributed by atoms with Crippen LogP contribution in [-0.4, -0.2) is 33.5 Å². The molecule has 0 spiro atoms. The van der Waals surface area contributed by atoms with Crippen molar-refractivity contribution in [3.8, 4) is 0 Å². The maximum Gasteiger partial charge on any atom is 0.271 e. The number of anilines is 1. The van der Waals surface area contributed by atoms with Gasteiger partial charge in [0, 0.05) is 35.2 Å². The molecule has 4 rings (SSSR count). The van der Waals surface area contributed by atoms with Crippen molar-refractivity contribution in [3.05, 3.63) is 69.2 Å². The fourth-order valence-corrected chi connectivity index (χ4v) is 4.25. The lowest BCUT2D eigenvalue weighted by molar-refractivity contribution is -0.658. The summed E-state index contributed by atoms with van der Waals surface area (Å²) in [7, 11) is 0. The maximum atomic E-state index is 11.7. The second-order valence-corrected chi connectivity index (χ2v) is 7.51. The Kier molecular flexibility index (Phi) is 4.61. The fraction of sp³-hybridized carbons (Fsp3) is 0.350. The molecule has 0 radical (unpaired) electrons. The summed E-state index contributed by atoms with van der Waals surface area (Å²) in [5, 5.41) is 23.5. The van der Waals surface area contributed by atoms with Gasteiger partial charge < -0.3 is 5.11 Å². The molecule has 27 heavy (non-hydrogen) atoms. The topological polar surface area (TPSA) is 69.6 Å². The largest absolute Gasteiger partial charge is 0.346 e. The Bertz CT molecular complexity index is 930. The molecule has 7 heteroatoms. The molecule has 2 aromatic rings. The van der Waals surface area contributed by atoms with Crippen LogP contribution < -0.4 is 4.90 Å². The van der Waals surface area contributed by atoms with E-state index in [0.717, 1.165) is 37.2 Å². The minimum atomic E-state index is -1.31. The first-order valence-corrected chi connectivity index (χ1v) is 9.51. The number of hydrogen-bond donors (Lipinski definition) is 1. The van der Waals surface area contributed by atoms with Crippen molar-refractivity contribution in [3.63, 3.8) is 0 Å². The molecule has 1 atom stereocenters. The zero-order chi connectivity index (χ0) is 19.0. The van der Waals surface area contributed by atoms with Gasteiger partial charge in [0.2, 0.25) is 0 Å². The van der Waals surface area contributed by atoms with E-state index in [0.29, 0.717) is 23.7 Å². The Morgan fingerprint density at radius 1 is 1.15 bits per heavy atom. The molecule has 0 aliphatic carbocycles. The van der Waals surface area contributed by atoms with Crippen LogP contribution in [0.5, 0.6) is 0 Å². The number of nitrogens with zero attached hydrogens (tertiary/aromatic N) is 3. The van der Waals surface area contributed by atoms with E-state index in [-0.39, 0.29) is 5.69 Å². The molecule has 0 bridgehead atoms. The molecular weight excluding hydrogens is 366 g/mol. The molecule has 2 aromatic carbocycles. The van der Waals surface area contributed by atoms with Gasteiger partial charge in [0.15, 0.2) is 6.54 Å². The van der Waals surface area contributed by atoms with E-state index in [1.807, 2.05) is 28.8 Å². The van der Waals surface area contributed by atoms with Crippen molar-refractivity contribution in [2.75, 3.05) is 18.0 Å². The number of rotatable bonds is 3. The number of amidine groups is 1. The summed E-state index contributed by atoms with van der Waals surface area (Å²) < 4.78 is 2.01. The predicted octanol–water partition coefficient (Wildman–Crippen LogP) is 3.90. The van der Waals surface area contributed by atoms with Gasteiger partial charge in [-0.25, -0.2) is 9.48 Å². The lowest BCUT2D eigenvalue weighted by Gasteiger charge is -2.23. The van der Waals surface area contributed by atoms with Gasteiger partial charge in [-0.05, 0) is 31.4 Å². The van der Waals surface area contributed by atoms with Crippen molar-refractivity contribution in [2.24, 2.45) is 0 Å². The van der Waals surface area contributed by atoms with E-state index in [1.165, 1.54) is 12.1 Å². The molecule has 0 fully saturated rings. The zero-order valence-corrected chi connectivity index (χ0v) is 15.6. The van der Waals surface area contributed by atoms with Gasteiger partial charge in [-0.2, -0.15) is 0 Å². The number of benzene rings is 2. The fourth-order valence-electron chi connectivity index (χ4n) is 4.07. The van der Waals surface area contributed by atoms with Crippen molar-refractivity contribution >= 4 is 28.8 Å².